The lowest BCUT2D eigenvalue weighted by Gasteiger charge is -2.22. The average Bonchev–Trinajstić information content (AvgIpc) is 2.32. The van der Waals surface area contributed by atoms with Crippen molar-refractivity contribution in [2.75, 3.05) is 0 Å². The number of hydrogen-bond donors (Lipinski definition) is 3. The van der Waals surface area contributed by atoms with E-state index in [1.807, 2.05) is 0 Å². The van der Waals surface area contributed by atoms with Crippen LogP contribution < -0.4 is 5.73 Å². The van der Waals surface area contributed by atoms with Crippen LogP contribution in [0.15, 0.2) is 0 Å². The summed E-state index contributed by atoms with van der Waals surface area (Å²) in [5, 5.41) is 17.4. The van der Waals surface area contributed by atoms with Gasteiger partial charge in [0.25, 0.3) is 0 Å². The third-order valence-corrected chi connectivity index (χ3v) is 2.40. The Morgan fingerprint density at radius 1 is 1.42 bits per heavy atom. The molecule has 1 aliphatic rings. The first kappa shape index (κ1) is 8.99. The van der Waals surface area contributed by atoms with Gasteiger partial charge in [0.15, 0.2) is 0 Å². The summed E-state index contributed by atoms with van der Waals surface area (Å²) in [5.74, 6) is -3.26. The zero-order chi connectivity index (χ0) is 9.35. The normalized spacial score (nSPS) is 34.9. The van der Waals surface area contributed by atoms with Gasteiger partial charge in [0.2, 0.25) is 0 Å². The molecule has 0 radical (unpaired) electrons. The van der Waals surface area contributed by atoms with Crippen molar-refractivity contribution in [3.05, 3.63) is 0 Å². The lowest BCUT2D eigenvalue weighted by atomic mass is 9.88. The maximum Gasteiger partial charge on any atom is 0.324 e. The van der Waals surface area contributed by atoms with Crippen LogP contribution in [0.4, 0.5) is 0 Å². The molecule has 4 N–H and O–H groups in total. The molecule has 0 aromatic carbocycles. The maximum atomic E-state index is 10.6. The molecule has 2 atom stereocenters. The molecule has 0 amide bonds. The van der Waals surface area contributed by atoms with Crippen LogP contribution in [0, 0.1) is 5.92 Å². The standard InChI is InChI=1S/C7H11NO4/c8-7(6(11)12)3-1-2-4(7)5(9)10/h4H,1-3,8H2,(H,9,10)(H,11,12)/t4?,7-/m1/s1. The van der Waals surface area contributed by atoms with Gasteiger partial charge in [0, 0.05) is 0 Å². The van der Waals surface area contributed by atoms with Gasteiger partial charge in [-0.15, -0.1) is 0 Å². The van der Waals surface area contributed by atoms with Gasteiger partial charge >= 0.3 is 11.9 Å². The fourth-order valence-electron chi connectivity index (χ4n) is 1.63. The van der Waals surface area contributed by atoms with Crippen molar-refractivity contribution < 1.29 is 19.8 Å². The summed E-state index contributed by atoms with van der Waals surface area (Å²) in [6.45, 7) is 0. The smallest absolute Gasteiger partial charge is 0.324 e. The predicted octanol–water partition coefficient (Wildman–Crippen LogP) is -0.347. The molecular weight excluding hydrogens is 162 g/mol. The molecule has 5 nitrogen and oxygen atoms in total. The van der Waals surface area contributed by atoms with E-state index in [-0.39, 0.29) is 6.42 Å². The second-order valence-electron chi connectivity index (χ2n) is 3.13. The minimum atomic E-state index is -1.55. The van der Waals surface area contributed by atoms with Gasteiger partial charge in [-0.05, 0) is 12.8 Å². The Kier molecular flexibility index (Phi) is 2.06. The molecule has 0 saturated heterocycles. The minimum Gasteiger partial charge on any atom is -0.481 e. The summed E-state index contributed by atoms with van der Waals surface area (Å²) in [6, 6.07) is 0. The van der Waals surface area contributed by atoms with Crippen LogP contribution >= 0.6 is 0 Å². The summed E-state index contributed by atoms with van der Waals surface area (Å²) in [5.41, 5.74) is 3.92. The van der Waals surface area contributed by atoms with E-state index in [2.05, 4.69) is 0 Å². The van der Waals surface area contributed by atoms with E-state index in [0.29, 0.717) is 12.8 Å². The topological polar surface area (TPSA) is 101 Å². The molecule has 1 aliphatic carbocycles. The number of carboxylic acid groups (broad SMARTS) is 2. The zero-order valence-corrected chi connectivity index (χ0v) is 6.49. The van der Waals surface area contributed by atoms with E-state index in [1.54, 1.807) is 0 Å². The fraction of sp³-hybridized carbons (Fsp3) is 0.714. The van der Waals surface area contributed by atoms with Crippen molar-refractivity contribution in [1.29, 1.82) is 0 Å². The number of rotatable bonds is 2. The van der Waals surface area contributed by atoms with Crippen molar-refractivity contribution in [3.8, 4) is 0 Å². The van der Waals surface area contributed by atoms with Crippen LogP contribution in [0.5, 0.6) is 0 Å². The molecule has 0 spiro atoms. The van der Waals surface area contributed by atoms with Crippen LogP contribution in [-0.4, -0.2) is 27.7 Å². The highest BCUT2D eigenvalue weighted by Crippen LogP contribution is 2.33. The lowest BCUT2D eigenvalue weighted by molar-refractivity contribution is -0.153. The van der Waals surface area contributed by atoms with Gasteiger partial charge in [0.05, 0.1) is 5.92 Å². The molecule has 0 aliphatic heterocycles. The molecule has 1 fully saturated rings. The van der Waals surface area contributed by atoms with Gasteiger partial charge in [-0.1, -0.05) is 6.42 Å². The molecule has 68 valence electrons. The van der Waals surface area contributed by atoms with E-state index in [4.69, 9.17) is 15.9 Å². The molecule has 12 heavy (non-hydrogen) atoms. The summed E-state index contributed by atoms with van der Waals surface area (Å²) in [7, 11) is 0. The Morgan fingerprint density at radius 3 is 2.33 bits per heavy atom. The number of carbonyl (C=O) groups is 2. The largest absolute Gasteiger partial charge is 0.481 e. The summed E-state index contributed by atoms with van der Waals surface area (Å²) < 4.78 is 0. The first-order valence-corrected chi connectivity index (χ1v) is 3.73. The van der Waals surface area contributed by atoms with Crippen molar-refractivity contribution in [1.82, 2.24) is 0 Å². The van der Waals surface area contributed by atoms with Gasteiger partial charge in [0.1, 0.15) is 5.54 Å². The molecule has 0 bridgehead atoms. The van der Waals surface area contributed by atoms with Crippen LogP contribution in [0.1, 0.15) is 19.3 Å². The molecule has 1 saturated carbocycles. The molecular formula is C7H11NO4. The second kappa shape index (κ2) is 2.75. The van der Waals surface area contributed by atoms with Crippen LogP contribution in [0.2, 0.25) is 0 Å². The number of hydrogen-bond acceptors (Lipinski definition) is 3. The first-order valence-electron chi connectivity index (χ1n) is 3.73. The molecule has 0 aromatic heterocycles. The summed E-state index contributed by atoms with van der Waals surface area (Å²) >= 11 is 0. The Balaban J connectivity index is 2.89. The highest BCUT2D eigenvalue weighted by molar-refractivity contribution is 5.87. The van der Waals surface area contributed by atoms with Crippen molar-refractivity contribution in [2.45, 2.75) is 24.8 Å². The lowest BCUT2D eigenvalue weighted by Crippen LogP contribution is -2.53. The van der Waals surface area contributed by atoms with E-state index in [1.165, 1.54) is 0 Å². The SMILES string of the molecule is N[C@]1(C(=O)O)CCCC1C(=O)O. The highest BCUT2D eigenvalue weighted by Gasteiger charge is 2.49. The summed E-state index contributed by atoms with van der Waals surface area (Å²) in [6.07, 6.45) is 1.18. The van der Waals surface area contributed by atoms with Gasteiger partial charge in [-0.2, -0.15) is 0 Å². The van der Waals surface area contributed by atoms with Crippen LogP contribution in [0.3, 0.4) is 0 Å². The number of nitrogens with two attached hydrogens (primary N) is 1. The Labute approximate surface area is 69.2 Å². The Bertz CT molecular complexity index is 227. The molecule has 1 rings (SSSR count). The zero-order valence-electron chi connectivity index (χ0n) is 6.49. The fourth-order valence-corrected chi connectivity index (χ4v) is 1.63. The summed E-state index contributed by atoms with van der Waals surface area (Å²) in [4.78, 5) is 21.2. The van der Waals surface area contributed by atoms with E-state index in [0.717, 1.165) is 0 Å². The van der Waals surface area contributed by atoms with Crippen molar-refractivity contribution in [3.63, 3.8) is 0 Å². The second-order valence-corrected chi connectivity index (χ2v) is 3.13. The van der Waals surface area contributed by atoms with Crippen molar-refractivity contribution in [2.24, 2.45) is 11.7 Å². The molecule has 1 unspecified atom stereocenters. The maximum absolute atomic E-state index is 10.6. The van der Waals surface area contributed by atoms with Crippen molar-refractivity contribution >= 4 is 11.9 Å². The minimum absolute atomic E-state index is 0.249. The highest BCUT2D eigenvalue weighted by atomic mass is 16.4. The monoisotopic (exact) mass is 173 g/mol. The third kappa shape index (κ3) is 1.16. The molecule has 0 aromatic rings. The predicted molar refractivity (Wildman–Crippen MR) is 39.5 cm³/mol. The van der Waals surface area contributed by atoms with Gasteiger partial charge in [-0.3, -0.25) is 9.59 Å². The van der Waals surface area contributed by atoms with Crippen LogP contribution in [0.25, 0.3) is 0 Å². The average molecular weight is 173 g/mol. The Hall–Kier alpha value is -1.10. The van der Waals surface area contributed by atoms with Gasteiger partial charge < -0.3 is 15.9 Å². The molecule has 0 heterocycles. The number of carboxylic acids is 2. The quantitative estimate of drug-likeness (QED) is 0.530. The van der Waals surface area contributed by atoms with Crippen LogP contribution in [-0.2, 0) is 9.59 Å². The van der Waals surface area contributed by atoms with E-state index < -0.39 is 23.4 Å². The number of aliphatic carboxylic acids is 2. The third-order valence-electron chi connectivity index (χ3n) is 2.40. The molecule has 5 heteroatoms. The van der Waals surface area contributed by atoms with E-state index in [9.17, 15) is 9.59 Å². The van der Waals surface area contributed by atoms with E-state index >= 15 is 0 Å². The Morgan fingerprint density at radius 2 is 2.00 bits per heavy atom. The first-order chi connectivity index (χ1) is 5.48. The van der Waals surface area contributed by atoms with Gasteiger partial charge in [-0.25, -0.2) is 0 Å².